The number of aryl methyl sites for hydroxylation is 1. The van der Waals surface area contributed by atoms with E-state index in [0.29, 0.717) is 31.2 Å². The first-order valence-electron chi connectivity index (χ1n) is 9.22. The van der Waals surface area contributed by atoms with Crippen LogP contribution in [0.3, 0.4) is 0 Å². The van der Waals surface area contributed by atoms with E-state index in [1.165, 1.54) is 5.56 Å². The Morgan fingerprint density at radius 1 is 1.04 bits per heavy atom. The molecule has 2 aromatic carbocycles. The number of carbonyl (C=O) groups excluding carboxylic acids is 1. The standard InChI is InChI=1S/C21H25ClN2O3/c1-3-26-19-6-4-5-7-20(19)27-15-21(25)24-12-10-23(11-13-24)18-14-17(22)9-8-16(18)2/h4-9,14H,3,10-13,15H2,1-2H3. The molecule has 3 rings (SSSR count). The molecule has 0 spiro atoms. The number of benzene rings is 2. The van der Waals surface area contributed by atoms with Crippen molar-refractivity contribution in [2.75, 3.05) is 44.3 Å². The summed E-state index contributed by atoms with van der Waals surface area (Å²) < 4.78 is 11.2. The van der Waals surface area contributed by atoms with Crippen LogP contribution >= 0.6 is 11.6 Å². The van der Waals surface area contributed by atoms with Crippen LogP contribution in [0.2, 0.25) is 5.02 Å². The van der Waals surface area contributed by atoms with Crippen LogP contribution in [0.1, 0.15) is 12.5 Å². The van der Waals surface area contributed by atoms with Gasteiger partial charge >= 0.3 is 0 Å². The normalized spacial score (nSPS) is 14.2. The Bertz CT molecular complexity index is 789. The highest BCUT2D eigenvalue weighted by molar-refractivity contribution is 6.30. The molecule has 0 unspecified atom stereocenters. The summed E-state index contributed by atoms with van der Waals surface area (Å²) in [5, 5.41) is 0.732. The average molecular weight is 389 g/mol. The van der Waals surface area contributed by atoms with Crippen LogP contribution in [0.5, 0.6) is 11.5 Å². The Morgan fingerprint density at radius 3 is 2.37 bits per heavy atom. The molecule has 2 aromatic rings. The third-order valence-electron chi connectivity index (χ3n) is 4.64. The number of hydrogen-bond donors (Lipinski definition) is 0. The third-order valence-corrected chi connectivity index (χ3v) is 4.88. The summed E-state index contributed by atoms with van der Waals surface area (Å²) in [5.74, 6) is 1.25. The van der Waals surface area contributed by atoms with Gasteiger partial charge in [-0.1, -0.05) is 29.8 Å². The summed E-state index contributed by atoms with van der Waals surface area (Å²) >= 11 is 6.13. The first-order valence-corrected chi connectivity index (χ1v) is 9.59. The van der Waals surface area contributed by atoms with Gasteiger partial charge in [0.05, 0.1) is 6.61 Å². The van der Waals surface area contributed by atoms with Crippen molar-refractivity contribution in [2.24, 2.45) is 0 Å². The molecule has 0 radical (unpaired) electrons. The molecule has 144 valence electrons. The van der Waals surface area contributed by atoms with E-state index < -0.39 is 0 Å². The highest BCUT2D eigenvalue weighted by atomic mass is 35.5. The van der Waals surface area contributed by atoms with Gasteiger partial charge in [-0.3, -0.25) is 4.79 Å². The zero-order valence-electron chi connectivity index (χ0n) is 15.8. The van der Waals surface area contributed by atoms with E-state index >= 15 is 0 Å². The molecular formula is C21H25ClN2O3. The fourth-order valence-electron chi connectivity index (χ4n) is 3.19. The minimum Gasteiger partial charge on any atom is -0.490 e. The molecule has 0 aliphatic carbocycles. The summed E-state index contributed by atoms with van der Waals surface area (Å²) in [6.07, 6.45) is 0. The number of carbonyl (C=O) groups is 1. The number of piperazine rings is 1. The number of hydrogen-bond acceptors (Lipinski definition) is 4. The van der Waals surface area contributed by atoms with Gasteiger partial charge in [-0.05, 0) is 43.7 Å². The summed E-state index contributed by atoms with van der Waals surface area (Å²) in [7, 11) is 0. The zero-order valence-corrected chi connectivity index (χ0v) is 16.5. The lowest BCUT2D eigenvalue weighted by Crippen LogP contribution is -2.50. The molecule has 27 heavy (non-hydrogen) atoms. The molecule has 5 nitrogen and oxygen atoms in total. The van der Waals surface area contributed by atoms with E-state index in [-0.39, 0.29) is 12.5 Å². The second-order valence-electron chi connectivity index (χ2n) is 6.47. The number of rotatable bonds is 6. The molecule has 1 fully saturated rings. The summed E-state index contributed by atoms with van der Waals surface area (Å²) in [5.41, 5.74) is 2.33. The smallest absolute Gasteiger partial charge is 0.260 e. The van der Waals surface area contributed by atoms with E-state index in [0.717, 1.165) is 23.8 Å². The molecule has 0 bridgehead atoms. The Labute approximate surface area is 165 Å². The second kappa shape index (κ2) is 9.00. The summed E-state index contributed by atoms with van der Waals surface area (Å²) in [4.78, 5) is 16.6. The molecule has 0 saturated carbocycles. The predicted octanol–water partition coefficient (Wildman–Crippen LogP) is 3.77. The lowest BCUT2D eigenvalue weighted by molar-refractivity contribution is -0.133. The lowest BCUT2D eigenvalue weighted by atomic mass is 10.1. The van der Waals surface area contributed by atoms with Crippen LogP contribution in [-0.2, 0) is 4.79 Å². The van der Waals surface area contributed by atoms with Crippen molar-refractivity contribution in [3.63, 3.8) is 0 Å². The molecule has 1 aliphatic rings. The van der Waals surface area contributed by atoms with Gasteiger partial charge in [-0.2, -0.15) is 0 Å². The van der Waals surface area contributed by atoms with Crippen LogP contribution in [0.4, 0.5) is 5.69 Å². The number of halogens is 1. The Morgan fingerprint density at radius 2 is 1.70 bits per heavy atom. The second-order valence-corrected chi connectivity index (χ2v) is 6.90. The minimum absolute atomic E-state index is 0.0104. The molecule has 6 heteroatoms. The summed E-state index contributed by atoms with van der Waals surface area (Å²) in [6.45, 7) is 7.46. The number of nitrogens with zero attached hydrogens (tertiary/aromatic N) is 2. The van der Waals surface area contributed by atoms with Crippen LogP contribution in [-0.4, -0.2) is 50.2 Å². The van der Waals surface area contributed by atoms with Gasteiger partial charge in [0.2, 0.25) is 0 Å². The lowest BCUT2D eigenvalue weighted by Gasteiger charge is -2.36. The van der Waals surface area contributed by atoms with Crippen LogP contribution < -0.4 is 14.4 Å². The minimum atomic E-state index is -0.0104. The molecule has 1 saturated heterocycles. The average Bonchev–Trinajstić information content (AvgIpc) is 2.69. The monoisotopic (exact) mass is 388 g/mol. The molecule has 0 atom stereocenters. The Kier molecular flexibility index (Phi) is 6.45. The maximum Gasteiger partial charge on any atom is 0.260 e. The van der Waals surface area contributed by atoms with Gasteiger partial charge in [-0.15, -0.1) is 0 Å². The van der Waals surface area contributed by atoms with Crippen LogP contribution in [0, 0.1) is 6.92 Å². The first-order chi connectivity index (χ1) is 13.1. The molecule has 1 amide bonds. The largest absolute Gasteiger partial charge is 0.490 e. The number of para-hydroxylation sites is 2. The van der Waals surface area contributed by atoms with Crippen molar-refractivity contribution < 1.29 is 14.3 Å². The maximum absolute atomic E-state index is 12.5. The van der Waals surface area contributed by atoms with Gasteiger partial charge < -0.3 is 19.3 Å². The first kappa shape index (κ1) is 19.4. The zero-order chi connectivity index (χ0) is 19.2. The van der Waals surface area contributed by atoms with Crippen LogP contribution in [0.15, 0.2) is 42.5 Å². The van der Waals surface area contributed by atoms with Gasteiger partial charge in [0.15, 0.2) is 18.1 Å². The van der Waals surface area contributed by atoms with E-state index in [1.807, 2.05) is 54.3 Å². The molecule has 0 N–H and O–H groups in total. The van der Waals surface area contributed by atoms with Crippen LogP contribution in [0.25, 0.3) is 0 Å². The van der Waals surface area contributed by atoms with E-state index in [4.69, 9.17) is 21.1 Å². The number of anilines is 1. The Balaban J connectivity index is 1.54. The quantitative estimate of drug-likeness (QED) is 0.755. The molecule has 0 aromatic heterocycles. The van der Waals surface area contributed by atoms with Crippen molar-refractivity contribution in [1.29, 1.82) is 0 Å². The van der Waals surface area contributed by atoms with Crippen molar-refractivity contribution in [3.8, 4) is 11.5 Å². The third kappa shape index (κ3) is 4.86. The molecular weight excluding hydrogens is 364 g/mol. The SMILES string of the molecule is CCOc1ccccc1OCC(=O)N1CCN(c2cc(Cl)ccc2C)CC1. The van der Waals surface area contributed by atoms with E-state index in [2.05, 4.69) is 11.8 Å². The van der Waals surface area contributed by atoms with Crippen molar-refractivity contribution >= 4 is 23.2 Å². The van der Waals surface area contributed by atoms with E-state index in [1.54, 1.807) is 0 Å². The van der Waals surface area contributed by atoms with Crippen molar-refractivity contribution in [2.45, 2.75) is 13.8 Å². The topological polar surface area (TPSA) is 42.0 Å². The highest BCUT2D eigenvalue weighted by Crippen LogP contribution is 2.27. The summed E-state index contributed by atoms with van der Waals surface area (Å²) in [6, 6.07) is 13.3. The maximum atomic E-state index is 12.5. The molecule has 1 aliphatic heterocycles. The highest BCUT2D eigenvalue weighted by Gasteiger charge is 2.22. The number of ether oxygens (including phenoxy) is 2. The Hall–Kier alpha value is -2.40. The predicted molar refractivity (Wildman–Crippen MR) is 108 cm³/mol. The van der Waals surface area contributed by atoms with Gasteiger partial charge in [0.25, 0.3) is 5.91 Å². The van der Waals surface area contributed by atoms with Gasteiger partial charge in [-0.25, -0.2) is 0 Å². The van der Waals surface area contributed by atoms with E-state index in [9.17, 15) is 4.79 Å². The fraction of sp³-hybridized carbons (Fsp3) is 0.381. The van der Waals surface area contributed by atoms with Crippen molar-refractivity contribution in [1.82, 2.24) is 4.90 Å². The molecule has 1 heterocycles. The van der Waals surface area contributed by atoms with Gasteiger partial charge in [0, 0.05) is 36.9 Å². The fourth-order valence-corrected chi connectivity index (χ4v) is 3.36. The van der Waals surface area contributed by atoms with Crippen molar-refractivity contribution in [3.05, 3.63) is 53.1 Å². The van der Waals surface area contributed by atoms with Gasteiger partial charge in [0.1, 0.15) is 0 Å². The number of amides is 1.